The summed E-state index contributed by atoms with van der Waals surface area (Å²) in [5.41, 5.74) is 5.51. The van der Waals surface area contributed by atoms with Gasteiger partial charge in [-0.1, -0.05) is 27.7 Å². The summed E-state index contributed by atoms with van der Waals surface area (Å²) in [5.74, 6) is 5.13. The normalized spacial score (nSPS) is 33.3. The number of carbonyl (C=O) groups is 1. The van der Waals surface area contributed by atoms with Crippen molar-refractivity contribution in [2.45, 2.75) is 54.1 Å². The Morgan fingerprint density at radius 1 is 0.933 bits per heavy atom. The van der Waals surface area contributed by atoms with E-state index in [1.54, 1.807) is 0 Å². The molecule has 0 aromatic heterocycles. The van der Waals surface area contributed by atoms with E-state index in [1.807, 2.05) is 32.1 Å². The quantitative estimate of drug-likeness (QED) is 0.295. The Labute approximate surface area is 271 Å². The van der Waals surface area contributed by atoms with Gasteiger partial charge < -0.3 is 19.9 Å². The fraction of sp³-hybridized carbons (Fsp3) is 0.649. The lowest BCUT2D eigenvalue weighted by molar-refractivity contribution is 0.0524. The first-order valence-corrected chi connectivity index (χ1v) is 18.0. The fourth-order valence-corrected chi connectivity index (χ4v) is 10.7. The standard InChI is InChI=1S/C37H47N5O2S/c1-35(2,3)44-34(43)38-13-22-23-14-40(15-24(22)23)20-8-9-29-31(11-20)45-32-12-21(41-16-25-26(17-41)36(25,4)5)10-30(33(32)39-29)42-18-27-28(19-42)37(27,6)7/h8-12,22-28H,13-19H2,1-7H3/p+1. The number of nitrogens with one attached hydrogen (secondary N) is 1. The summed E-state index contributed by atoms with van der Waals surface area (Å²) >= 11 is 1.92. The number of nitrogens with zero attached hydrogens (tertiary/aromatic N) is 4. The number of piperidine rings is 3. The molecule has 1 aromatic carbocycles. The third-order valence-corrected chi connectivity index (χ3v) is 14.1. The van der Waals surface area contributed by atoms with Crippen molar-refractivity contribution < 1.29 is 9.53 Å². The van der Waals surface area contributed by atoms with E-state index in [9.17, 15) is 4.79 Å². The van der Waals surface area contributed by atoms with Crippen LogP contribution in [0.15, 0.2) is 30.3 Å². The zero-order valence-corrected chi connectivity index (χ0v) is 28.7. The third kappa shape index (κ3) is 4.51. The van der Waals surface area contributed by atoms with Crippen LogP contribution >= 0.6 is 11.3 Å². The Hall–Kier alpha value is -2.87. The van der Waals surface area contributed by atoms with E-state index < -0.39 is 5.60 Å². The Morgan fingerprint density at radius 3 is 2.24 bits per heavy atom. The minimum absolute atomic E-state index is 0.304. The summed E-state index contributed by atoms with van der Waals surface area (Å²) in [6, 6.07) is 11.8. The van der Waals surface area contributed by atoms with Crippen molar-refractivity contribution in [3.05, 3.63) is 35.7 Å². The van der Waals surface area contributed by atoms with Crippen molar-refractivity contribution in [2.24, 2.45) is 52.3 Å². The topological polar surface area (TPSA) is 60.7 Å². The SMILES string of the molecule is CC(C)(C)OC(=O)NCC1C2CN(c3ccc4nc5c(=[N+]6CC7C(C6)C7(C)C)cc(N6CC7C(C6)C7(C)C)cc-5sc4c3)CC12. The number of hydrogen-bond donors (Lipinski definition) is 1. The zero-order valence-electron chi connectivity index (χ0n) is 27.9. The molecule has 1 N–H and O–H groups in total. The summed E-state index contributed by atoms with van der Waals surface area (Å²) in [7, 11) is 0. The molecule has 1 amide bonds. The number of aromatic nitrogens is 1. The van der Waals surface area contributed by atoms with E-state index in [4.69, 9.17) is 9.72 Å². The van der Waals surface area contributed by atoms with Gasteiger partial charge in [0, 0.05) is 62.0 Å². The molecule has 4 aliphatic carbocycles. The summed E-state index contributed by atoms with van der Waals surface area (Å²) in [5, 5.41) is 4.34. The molecular formula is C37H48N5O2S+. The molecule has 4 heterocycles. The number of rotatable bonds is 4. The lowest BCUT2D eigenvalue weighted by atomic mass is 10.1. The van der Waals surface area contributed by atoms with Crippen molar-refractivity contribution in [2.75, 3.05) is 55.6 Å². The van der Waals surface area contributed by atoms with Crippen LogP contribution in [-0.2, 0) is 4.74 Å². The molecule has 4 aliphatic heterocycles. The van der Waals surface area contributed by atoms with Crippen LogP contribution in [0.2, 0.25) is 0 Å². The van der Waals surface area contributed by atoms with Crippen LogP contribution in [0.1, 0.15) is 48.5 Å². The molecule has 8 aliphatic rings. The molecule has 6 atom stereocenters. The van der Waals surface area contributed by atoms with Crippen LogP contribution in [0.5, 0.6) is 0 Å². The van der Waals surface area contributed by atoms with Crippen LogP contribution in [0.4, 0.5) is 16.2 Å². The molecular weight excluding hydrogens is 579 g/mol. The second-order valence-corrected chi connectivity index (χ2v) is 18.4. The van der Waals surface area contributed by atoms with Gasteiger partial charge in [-0.15, -0.1) is 11.3 Å². The number of amides is 1. The maximum Gasteiger partial charge on any atom is 0.407 e. The minimum atomic E-state index is -0.460. The molecule has 1 aromatic rings. The largest absolute Gasteiger partial charge is 0.444 e. The number of fused-ring (bicyclic) bond motifs is 5. The second-order valence-electron chi connectivity index (χ2n) is 17.3. The molecule has 6 unspecified atom stereocenters. The Bertz CT molecular complexity index is 1750. The Balaban J connectivity index is 0.983. The van der Waals surface area contributed by atoms with Crippen molar-refractivity contribution in [1.29, 1.82) is 0 Å². The molecule has 238 valence electrons. The van der Waals surface area contributed by atoms with Crippen molar-refractivity contribution in [3.63, 3.8) is 0 Å². The van der Waals surface area contributed by atoms with Crippen molar-refractivity contribution in [1.82, 2.24) is 14.9 Å². The van der Waals surface area contributed by atoms with E-state index >= 15 is 0 Å². The van der Waals surface area contributed by atoms with Crippen molar-refractivity contribution >= 4 is 39.0 Å². The van der Waals surface area contributed by atoms with Crippen LogP contribution in [0, 0.1) is 52.3 Å². The maximum atomic E-state index is 12.1. The monoisotopic (exact) mass is 626 g/mol. The lowest BCUT2D eigenvalue weighted by Gasteiger charge is -2.25. The smallest absolute Gasteiger partial charge is 0.407 e. The Morgan fingerprint density at radius 2 is 1.58 bits per heavy atom. The van der Waals surface area contributed by atoms with Gasteiger partial charge in [0.15, 0.2) is 5.69 Å². The molecule has 0 spiro atoms. The van der Waals surface area contributed by atoms with Crippen molar-refractivity contribution in [3.8, 4) is 10.6 Å². The highest BCUT2D eigenvalue weighted by atomic mass is 32.1. The summed E-state index contributed by atoms with van der Waals surface area (Å²) in [6.45, 7) is 23.0. The molecule has 9 rings (SSSR count). The molecule has 7 nitrogen and oxygen atoms in total. The van der Waals surface area contributed by atoms with E-state index in [2.05, 4.69) is 77.7 Å². The van der Waals surface area contributed by atoms with E-state index in [0.717, 1.165) is 55.4 Å². The van der Waals surface area contributed by atoms with Crippen LogP contribution in [0.25, 0.3) is 20.8 Å². The van der Waals surface area contributed by atoms with Gasteiger partial charge in [-0.3, -0.25) is 0 Å². The summed E-state index contributed by atoms with van der Waals surface area (Å²) in [6.07, 6.45) is -0.304. The molecule has 6 fully saturated rings. The number of ether oxygens (including phenoxy) is 1. The number of carbonyl (C=O) groups excluding carboxylic acids is 1. The average molecular weight is 627 g/mol. The first kappa shape index (κ1) is 28.4. The minimum Gasteiger partial charge on any atom is -0.444 e. The van der Waals surface area contributed by atoms with Gasteiger partial charge in [-0.2, -0.15) is 0 Å². The molecule has 3 saturated carbocycles. The van der Waals surface area contributed by atoms with Gasteiger partial charge in [-0.25, -0.2) is 14.4 Å². The Kier molecular flexibility index (Phi) is 5.76. The molecule has 0 radical (unpaired) electrons. The van der Waals surface area contributed by atoms with Gasteiger partial charge in [0.2, 0.25) is 5.36 Å². The molecule has 8 heteroatoms. The van der Waals surface area contributed by atoms with E-state index in [0.29, 0.717) is 35.1 Å². The highest BCUT2D eigenvalue weighted by Gasteiger charge is 2.66. The second kappa shape index (κ2) is 9.14. The highest BCUT2D eigenvalue weighted by Crippen LogP contribution is 2.63. The third-order valence-electron chi connectivity index (χ3n) is 13.0. The lowest BCUT2D eigenvalue weighted by Crippen LogP contribution is -2.35. The van der Waals surface area contributed by atoms with Crippen LogP contribution in [-0.4, -0.2) is 62.5 Å². The molecule has 0 bridgehead atoms. The van der Waals surface area contributed by atoms with Gasteiger partial charge >= 0.3 is 6.09 Å². The first-order chi connectivity index (χ1) is 21.3. The van der Waals surface area contributed by atoms with Gasteiger partial charge in [0.25, 0.3) is 0 Å². The number of benzene rings is 2. The average Bonchev–Trinajstić information content (AvgIpc) is 3.60. The maximum absolute atomic E-state index is 12.1. The number of anilines is 2. The number of hydrogen-bond acceptors (Lipinski definition) is 6. The fourth-order valence-electron chi connectivity index (χ4n) is 9.66. The number of alkyl carbamates (subject to hydrolysis) is 1. The summed E-state index contributed by atoms with van der Waals surface area (Å²) in [4.78, 5) is 24.0. The molecule has 45 heavy (non-hydrogen) atoms. The van der Waals surface area contributed by atoms with Gasteiger partial charge in [0.05, 0.1) is 15.1 Å². The van der Waals surface area contributed by atoms with Crippen LogP contribution < -0.4 is 25.0 Å². The van der Waals surface area contributed by atoms with E-state index in [-0.39, 0.29) is 6.09 Å². The molecule has 3 saturated heterocycles. The summed E-state index contributed by atoms with van der Waals surface area (Å²) < 4.78 is 9.35. The van der Waals surface area contributed by atoms with Gasteiger partial charge in [0.1, 0.15) is 18.7 Å². The van der Waals surface area contributed by atoms with Gasteiger partial charge in [-0.05, 0) is 85.5 Å². The first-order valence-electron chi connectivity index (χ1n) is 17.2. The highest BCUT2D eigenvalue weighted by molar-refractivity contribution is 7.21. The van der Waals surface area contributed by atoms with E-state index in [1.165, 1.54) is 45.1 Å². The predicted octanol–water partition coefficient (Wildman–Crippen LogP) is 5.76. The predicted molar refractivity (Wildman–Crippen MR) is 182 cm³/mol. The zero-order chi connectivity index (χ0) is 31.2. The van der Waals surface area contributed by atoms with Crippen LogP contribution in [0.3, 0.4) is 0 Å².